The van der Waals surface area contributed by atoms with Crippen LogP contribution in [0.1, 0.15) is 37.2 Å². The molecule has 2 unspecified atom stereocenters. The fraction of sp³-hybridized carbons (Fsp3) is 0.400. The van der Waals surface area contributed by atoms with Crippen molar-refractivity contribution in [3.8, 4) is 0 Å². The average Bonchev–Trinajstić information content (AvgIpc) is 3.18. The van der Waals surface area contributed by atoms with Gasteiger partial charge >= 0.3 is 0 Å². The lowest BCUT2D eigenvalue weighted by Crippen LogP contribution is -2.33. The van der Waals surface area contributed by atoms with Crippen LogP contribution in [-0.4, -0.2) is 48.5 Å². The van der Waals surface area contributed by atoms with Gasteiger partial charge in [0.15, 0.2) is 15.7 Å². The van der Waals surface area contributed by atoms with Crippen LogP contribution in [0, 0.1) is 5.92 Å². The van der Waals surface area contributed by atoms with E-state index in [1.807, 2.05) is 0 Å². The SMILES string of the molecule is CN(C(=O)C(CC1CC/C(=N/O)C1)c1ccc(S(C)(=O)=O)c(Cl)c1)c1cnc(Br)cn1. The molecule has 1 N–H and O–H groups in total. The quantitative estimate of drug-likeness (QED) is 0.446. The van der Waals surface area contributed by atoms with Gasteiger partial charge in [-0.1, -0.05) is 22.8 Å². The smallest absolute Gasteiger partial charge is 0.235 e. The molecule has 1 aliphatic rings. The Hall–Kier alpha value is -2.04. The first-order valence-corrected chi connectivity index (χ1v) is 12.6. The third kappa shape index (κ3) is 5.61. The van der Waals surface area contributed by atoms with Crippen molar-refractivity contribution in [2.45, 2.75) is 36.5 Å². The number of carbonyl (C=O) groups is 1. The molecule has 31 heavy (non-hydrogen) atoms. The molecule has 1 aliphatic carbocycles. The second-order valence-corrected chi connectivity index (χ2v) is 10.8. The molecule has 11 heteroatoms. The Morgan fingerprint density at radius 1 is 1.39 bits per heavy atom. The molecule has 0 aliphatic heterocycles. The number of oxime groups is 1. The summed E-state index contributed by atoms with van der Waals surface area (Å²) >= 11 is 9.48. The maximum absolute atomic E-state index is 13.5. The van der Waals surface area contributed by atoms with E-state index >= 15 is 0 Å². The van der Waals surface area contributed by atoms with Crippen LogP contribution in [-0.2, 0) is 14.6 Å². The molecule has 1 aromatic carbocycles. The van der Waals surface area contributed by atoms with E-state index in [4.69, 9.17) is 16.8 Å². The van der Waals surface area contributed by atoms with Crippen LogP contribution in [0.3, 0.4) is 0 Å². The van der Waals surface area contributed by atoms with Gasteiger partial charge in [-0.05, 0) is 65.2 Å². The fourth-order valence-corrected chi connectivity index (χ4v) is 5.32. The fourth-order valence-electron chi connectivity index (χ4n) is 3.77. The molecule has 3 rings (SSSR count). The van der Waals surface area contributed by atoms with E-state index in [-0.39, 0.29) is 21.7 Å². The van der Waals surface area contributed by atoms with Gasteiger partial charge in [-0.2, -0.15) is 0 Å². The number of aromatic nitrogens is 2. The molecule has 1 aromatic heterocycles. The van der Waals surface area contributed by atoms with Crippen molar-refractivity contribution >= 4 is 54.8 Å². The predicted octanol–water partition coefficient (Wildman–Crippen LogP) is 4.06. The van der Waals surface area contributed by atoms with Crippen molar-refractivity contribution < 1.29 is 18.4 Å². The Bertz CT molecular complexity index is 1110. The van der Waals surface area contributed by atoms with Crippen LogP contribution >= 0.6 is 27.5 Å². The summed E-state index contributed by atoms with van der Waals surface area (Å²) in [5.74, 6) is -0.252. The minimum absolute atomic E-state index is 0.0202. The number of anilines is 1. The number of amides is 1. The van der Waals surface area contributed by atoms with Crippen molar-refractivity contribution in [1.82, 2.24) is 9.97 Å². The Balaban J connectivity index is 1.95. The Morgan fingerprint density at radius 3 is 2.68 bits per heavy atom. The van der Waals surface area contributed by atoms with E-state index in [1.165, 1.54) is 29.4 Å². The summed E-state index contributed by atoms with van der Waals surface area (Å²) < 4.78 is 24.4. The maximum Gasteiger partial charge on any atom is 0.235 e. The minimum atomic E-state index is -3.49. The van der Waals surface area contributed by atoms with Gasteiger partial charge in [0.2, 0.25) is 5.91 Å². The zero-order chi connectivity index (χ0) is 22.8. The number of carbonyl (C=O) groups excluding carboxylic acids is 1. The molecule has 1 fully saturated rings. The Labute approximate surface area is 194 Å². The van der Waals surface area contributed by atoms with Crippen LogP contribution in [0.25, 0.3) is 0 Å². The van der Waals surface area contributed by atoms with Crippen LogP contribution in [0.2, 0.25) is 5.02 Å². The van der Waals surface area contributed by atoms with Gasteiger partial charge in [0.05, 0.1) is 33.9 Å². The average molecular weight is 530 g/mol. The normalized spacial score (nSPS) is 18.8. The summed E-state index contributed by atoms with van der Waals surface area (Å²) in [4.78, 5) is 23.3. The third-order valence-corrected chi connectivity index (χ3v) is 7.40. The van der Waals surface area contributed by atoms with Gasteiger partial charge in [-0.15, -0.1) is 0 Å². The summed E-state index contributed by atoms with van der Waals surface area (Å²) in [6.07, 6.45) is 6.68. The predicted molar refractivity (Wildman–Crippen MR) is 122 cm³/mol. The molecular formula is C20H22BrClN4O4S. The van der Waals surface area contributed by atoms with E-state index in [2.05, 4.69) is 31.1 Å². The first kappa shape index (κ1) is 23.6. The second kappa shape index (κ2) is 9.62. The third-order valence-electron chi connectivity index (χ3n) is 5.41. The summed E-state index contributed by atoms with van der Waals surface area (Å²) in [6, 6.07) is 4.60. The molecule has 1 heterocycles. The van der Waals surface area contributed by atoms with Gasteiger partial charge in [0.25, 0.3) is 0 Å². The number of halogens is 2. The van der Waals surface area contributed by atoms with Gasteiger partial charge in [-0.3, -0.25) is 9.69 Å². The number of hydrogen-bond acceptors (Lipinski definition) is 7. The van der Waals surface area contributed by atoms with Crippen LogP contribution in [0.4, 0.5) is 5.82 Å². The van der Waals surface area contributed by atoms with Crippen LogP contribution < -0.4 is 4.90 Å². The Morgan fingerprint density at radius 2 is 2.13 bits per heavy atom. The van der Waals surface area contributed by atoms with E-state index in [9.17, 15) is 13.2 Å². The molecule has 166 valence electrons. The molecule has 8 nitrogen and oxygen atoms in total. The molecule has 2 atom stereocenters. The first-order chi connectivity index (χ1) is 14.6. The lowest BCUT2D eigenvalue weighted by atomic mass is 9.87. The molecule has 1 amide bonds. The van der Waals surface area contributed by atoms with Crippen molar-refractivity contribution in [2.75, 3.05) is 18.2 Å². The summed E-state index contributed by atoms with van der Waals surface area (Å²) in [6.45, 7) is 0. The van der Waals surface area contributed by atoms with Crippen LogP contribution in [0.15, 0.2) is 45.2 Å². The van der Waals surface area contributed by atoms with E-state index in [0.29, 0.717) is 41.0 Å². The molecule has 0 bridgehead atoms. The number of likely N-dealkylation sites (N-methyl/N-ethyl adjacent to an activating group) is 1. The highest BCUT2D eigenvalue weighted by Gasteiger charge is 2.32. The number of benzene rings is 1. The molecule has 1 saturated carbocycles. The lowest BCUT2D eigenvalue weighted by molar-refractivity contribution is -0.120. The minimum Gasteiger partial charge on any atom is -0.411 e. The standard InChI is InChI=1S/C20H22BrClN4O4S/c1-26(19-11-23-18(21)10-24-19)20(27)15(8-12-3-5-14(7-12)25-28)13-4-6-17(16(22)9-13)31(2,29)30/h4,6,9-12,15,28H,3,5,7-8H2,1-2H3/b25-14-. The zero-order valence-electron chi connectivity index (χ0n) is 17.0. The molecule has 0 spiro atoms. The number of nitrogens with zero attached hydrogens (tertiary/aromatic N) is 4. The van der Waals surface area contributed by atoms with E-state index < -0.39 is 15.8 Å². The molecule has 0 saturated heterocycles. The number of rotatable bonds is 6. The van der Waals surface area contributed by atoms with Gasteiger partial charge in [-0.25, -0.2) is 18.4 Å². The summed E-state index contributed by atoms with van der Waals surface area (Å²) in [7, 11) is -1.87. The van der Waals surface area contributed by atoms with Crippen molar-refractivity contribution in [3.05, 3.63) is 45.8 Å². The number of hydrogen-bond donors (Lipinski definition) is 1. The van der Waals surface area contributed by atoms with Gasteiger partial charge < -0.3 is 5.21 Å². The molecule has 2 aromatic rings. The largest absolute Gasteiger partial charge is 0.411 e. The summed E-state index contributed by atoms with van der Waals surface area (Å²) in [5, 5.41) is 12.5. The topological polar surface area (TPSA) is 113 Å². The van der Waals surface area contributed by atoms with E-state index in [1.54, 1.807) is 13.1 Å². The van der Waals surface area contributed by atoms with Crippen molar-refractivity contribution in [2.24, 2.45) is 11.1 Å². The summed E-state index contributed by atoms with van der Waals surface area (Å²) in [5.41, 5.74) is 1.34. The Kier molecular flexibility index (Phi) is 7.33. The van der Waals surface area contributed by atoms with Gasteiger partial charge in [0.1, 0.15) is 4.60 Å². The highest BCUT2D eigenvalue weighted by molar-refractivity contribution is 9.10. The highest BCUT2D eigenvalue weighted by Crippen LogP contribution is 2.36. The molecule has 0 radical (unpaired) electrons. The number of sulfone groups is 1. The second-order valence-electron chi connectivity index (χ2n) is 7.62. The zero-order valence-corrected chi connectivity index (χ0v) is 20.2. The van der Waals surface area contributed by atoms with Gasteiger partial charge in [0, 0.05) is 13.3 Å². The van der Waals surface area contributed by atoms with Crippen molar-refractivity contribution in [1.29, 1.82) is 0 Å². The lowest BCUT2D eigenvalue weighted by Gasteiger charge is -2.25. The monoisotopic (exact) mass is 528 g/mol. The van der Waals surface area contributed by atoms with Crippen LogP contribution in [0.5, 0.6) is 0 Å². The highest BCUT2D eigenvalue weighted by atomic mass is 79.9. The first-order valence-electron chi connectivity index (χ1n) is 9.54. The van der Waals surface area contributed by atoms with E-state index in [0.717, 1.165) is 12.7 Å². The maximum atomic E-state index is 13.5. The van der Waals surface area contributed by atoms with Crippen molar-refractivity contribution in [3.63, 3.8) is 0 Å². The molecular weight excluding hydrogens is 508 g/mol.